The van der Waals surface area contributed by atoms with Crippen LogP contribution >= 0.6 is 11.3 Å². The lowest BCUT2D eigenvalue weighted by atomic mass is 9.79. The molecule has 8 nitrogen and oxygen atoms in total. The van der Waals surface area contributed by atoms with E-state index in [1.165, 1.54) is 4.68 Å². The van der Waals surface area contributed by atoms with Crippen LogP contribution < -0.4 is 10.0 Å². The van der Waals surface area contributed by atoms with E-state index < -0.39 is 69.0 Å². The van der Waals surface area contributed by atoms with Gasteiger partial charge in [0.25, 0.3) is 11.8 Å². The number of nitrogens with one attached hydrogen (secondary N) is 2. The van der Waals surface area contributed by atoms with Crippen molar-refractivity contribution in [3.05, 3.63) is 45.4 Å². The van der Waals surface area contributed by atoms with Crippen molar-refractivity contribution in [2.24, 2.45) is 0 Å². The molecule has 1 atom stereocenters. The maximum absolute atomic E-state index is 14.9. The fourth-order valence-electron chi connectivity index (χ4n) is 4.98. The van der Waals surface area contributed by atoms with Gasteiger partial charge in [0.1, 0.15) is 5.57 Å². The molecule has 2 fully saturated rings. The van der Waals surface area contributed by atoms with E-state index in [2.05, 4.69) is 5.10 Å². The van der Waals surface area contributed by atoms with Crippen LogP contribution in [0, 0.1) is 0 Å². The van der Waals surface area contributed by atoms with Crippen molar-refractivity contribution in [2.75, 3.05) is 0 Å². The topological polar surface area (TPSA) is 110 Å². The molecular weight excluding hydrogens is 610 g/mol. The number of carbonyl (C=O) groups excluding carboxylic acids is 2. The minimum Gasteiger partial charge on any atom is -0.334 e. The summed E-state index contributed by atoms with van der Waals surface area (Å²) in [4.78, 5) is 27.7. The van der Waals surface area contributed by atoms with Crippen LogP contribution in [0.4, 0.5) is 26.3 Å². The van der Waals surface area contributed by atoms with E-state index in [-0.39, 0.29) is 42.2 Å². The Morgan fingerprint density at radius 1 is 1.10 bits per heavy atom. The molecule has 0 bridgehead atoms. The molecule has 0 radical (unpaired) electrons. The van der Waals surface area contributed by atoms with E-state index >= 15 is 0 Å². The second-order valence-corrected chi connectivity index (χ2v) is 14.0. The van der Waals surface area contributed by atoms with Crippen molar-refractivity contribution in [3.8, 4) is 0 Å². The molecule has 2 saturated carbocycles. The predicted octanol–water partition coefficient (Wildman–Crippen LogP) is 5.28. The molecule has 0 unspecified atom stereocenters. The first-order chi connectivity index (χ1) is 19.6. The standard InChI is InChI=1S/C26H28F6N4O4S2/c27-25(28,29)10-2-1-3-11-36-14-16(13-33-36)24(26(30,31)32)12-18(20-9-8-19(41-20)15-4-5-15)21(22(37)34-24)23(38)35-42(39,40)17-6-7-17/h8-9,13-15,17H,1-7,10-12H2,(H,34,37)(H,35,38)/t24-/m0/s1. The van der Waals surface area contributed by atoms with E-state index in [1.54, 1.807) is 12.1 Å². The Labute approximate surface area is 241 Å². The second-order valence-electron chi connectivity index (χ2n) is 11.0. The maximum Gasteiger partial charge on any atom is 0.416 e. The summed E-state index contributed by atoms with van der Waals surface area (Å²) >= 11 is 1.16. The minimum atomic E-state index is -5.06. The zero-order chi connectivity index (χ0) is 30.5. The molecule has 2 aromatic rings. The number of carbonyl (C=O) groups is 2. The van der Waals surface area contributed by atoms with Gasteiger partial charge in [-0.1, -0.05) is 6.42 Å². The number of amides is 2. The van der Waals surface area contributed by atoms with E-state index in [4.69, 9.17) is 0 Å². The van der Waals surface area contributed by atoms with Crippen LogP contribution in [-0.2, 0) is 31.7 Å². The normalized spacial score (nSPS) is 21.9. The summed E-state index contributed by atoms with van der Waals surface area (Å²) in [5, 5.41) is 5.10. The van der Waals surface area contributed by atoms with Crippen LogP contribution in [0.5, 0.6) is 0 Å². The van der Waals surface area contributed by atoms with Crippen LogP contribution in [0.3, 0.4) is 0 Å². The average Bonchev–Trinajstić information content (AvgIpc) is 3.81. The van der Waals surface area contributed by atoms with Gasteiger partial charge in [0.15, 0.2) is 5.54 Å². The van der Waals surface area contributed by atoms with Crippen LogP contribution in [0.1, 0.15) is 79.0 Å². The summed E-state index contributed by atoms with van der Waals surface area (Å²) in [6.45, 7) is 0.0603. The predicted molar refractivity (Wildman–Crippen MR) is 141 cm³/mol. The zero-order valence-corrected chi connectivity index (χ0v) is 23.8. The highest BCUT2D eigenvalue weighted by Gasteiger charge is 2.61. The highest BCUT2D eigenvalue weighted by Crippen LogP contribution is 2.51. The summed E-state index contributed by atoms with van der Waals surface area (Å²) in [5.74, 6) is -2.42. The Bertz CT molecular complexity index is 1500. The van der Waals surface area contributed by atoms with Crippen molar-refractivity contribution >= 4 is 38.7 Å². The third kappa shape index (κ3) is 6.53. The van der Waals surface area contributed by atoms with Gasteiger partial charge >= 0.3 is 12.4 Å². The lowest BCUT2D eigenvalue weighted by molar-refractivity contribution is -0.201. The van der Waals surface area contributed by atoms with Crippen molar-refractivity contribution in [1.29, 1.82) is 0 Å². The number of halogens is 6. The number of rotatable bonds is 11. The van der Waals surface area contributed by atoms with Gasteiger partial charge in [-0.15, -0.1) is 11.3 Å². The van der Waals surface area contributed by atoms with Crippen LogP contribution in [0.25, 0.3) is 5.57 Å². The Morgan fingerprint density at radius 2 is 1.81 bits per heavy atom. The third-order valence-corrected chi connectivity index (χ3v) is 10.7. The van der Waals surface area contributed by atoms with Gasteiger partial charge in [0.2, 0.25) is 10.0 Å². The monoisotopic (exact) mass is 638 g/mol. The van der Waals surface area contributed by atoms with Gasteiger partial charge in [0, 0.05) is 40.9 Å². The van der Waals surface area contributed by atoms with Gasteiger partial charge < -0.3 is 5.32 Å². The number of nitrogens with zero attached hydrogens (tertiary/aromatic N) is 2. The highest BCUT2D eigenvalue weighted by molar-refractivity contribution is 7.91. The molecule has 1 aliphatic heterocycles. The molecule has 0 aromatic carbocycles. The van der Waals surface area contributed by atoms with Crippen LogP contribution in [-0.4, -0.2) is 47.6 Å². The smallest absolute Gasteiger partial charge is 0.334 e. The summed E-state index contributed by atoms with van der Waals surface area (Å²) in [6, 6.07) is 3.28. The number of aromatic nitrogens is 2. The second kappa shape index (κ2) is 11.0. The summed E-state index contributed by atoms with van der Waals surface area (Å²) in [6.07, 6.45) is -6.39. The number of aryl methyl sites for hydroxylation is 1. The van der Waals surface area contributed by atoms with E-state index in [0.717, 1.165) is 41.4 Å². The number of thiophene rings is 1. The molecule has 2 N–H and O–H groups in total. The van der Waals surface area contributed by atoms with E-state index in [1.807, 2.05) is 10.0 Å². The molecule has 2 aromatic heterocycles. The number of unbranched alkanes of at least 4 members (excludes halogenated alkanes) is 2. The van der Waals surface area contributed by atoms with Gasteiger partial charge in [-0.2, -0.15) is 31.4 Å². The molecule has 0 spiro atoms. The Kier molecular flexibility index (Phi) is 8.00. The summed E-state index contributed by atoms with van der Waals surface area (Å²) in [7, 11) is -4.10. The molecule has 2 amide bonds. The number of sulfonamides is 1. The molecule has 3 heterocycles. The van der Waals surface area contributed by atoms with Crippen molar-refractivity contribution in [2.45, 2.75) is 93.4 Å². The SMILES string of the molecule is O=C1N[C@@](c2cnn(CCCCCC(F)(F)F)c2)(C(F)(F)F)CC(c2ccc(C3CC3)s2)=C1C(=O)NS(=O)(=O)C1CC1. The molecule has 3 aliphatic rings. The lowest BCUT2D eigenvalue weighted by Crippen LogP contribution is -2.59. The minimum absolute atomic E-state index is 0.0603. The maximum atomic E-state index is 14.9. The molecule has 0 saturated heterocycles. The third-order valence-electron chi connectivity index (χ3n) is 7.58. The quantitative estimate of drug-likeness (QED) is 0.198. The average molecular weight is 639 g/mol. The Hall–Kier alpha value is -2.88. The first-order valence-electron chi connectivity index (χ1n) is 13.5. The fourth-order valence-corrected chi connectivity index (χ4v) is 7.49. The highest BCUT2D eigenvalue weighted by atomic mass is 32.2. The van der Waals surface area contributed by atoms with Crippen molar-refractivity contribution < 1.29 is 44.3 Å². The van der Waals surface area contributed by atoms with Gasteiger partial charge in [-0.25, -0.2) is 13.1 Å². The molecule has 230 valence electrons. The summed E-state index contributed by atoms with van der Waals surface area (Å²) < 4.78 is 110. The zero-order valence-electron chi connectivity index (χ0n) is 22.1. The van der Waals surface area contributed by atoms with E-state index in [9.17, 15) is 44.3 Å². The van der Waals surface area contributed by atoms with Crippen molar-refractivity contribution in [3.63, 3.8) is 0 Å². The van der Waals surface area contributed by atoms with Crippen LogP contribution in [0.15, 0.2) is 30.1 Å². The fraction of sp³-hybridized carbons (Fsp3) is 0.577. The molecular formula is C26H28F6N4O4S2. The first-order valence-corrected chi connectivity index (χ1v) is 15.8. The van der Waals surface area contributed by atoms with Gasteiger partial charge in [0.05, 0.1) is 11.4 Å². The van der Waals surface area contributed by atoms with Crippen LogP contribution in [0.2, 0.25) is 0 Å². The number of hydrogen-bond acceptors (Lipinski definition) is 6. The largest absolute Gasteiger partial charge is 0.416 e. The first kappa shape index (κ1) is 30.6. The molecule has 2 aliphatic carbocycles. The summed E-state index contributed by atoms with van der Waals surface area (Å²) in [5.41, 5.74) is -4.33. The molecule has 42 heavy (non-hydrogen) atoms. The molecule has 5 rings (SSSR count). The number of alkyl halides is 6. The number of hydrogen-bond donors (Lipinski definition) is 2. The Morgan fingerprint density at radius 3 is 2.43 bits per heavy atom. The Balaban J connectivity index is 1.47. The van der Waals surface area contributed by atoms with Gasteiger partial charge in [-0.05, 0) is 62.1 Å². The lowest BCUT2D eigenvalue weighted by Gasteiger charge is -2.40. The van der Waals surface area contributed by atoms with Crippen molar-refractivity contribution in [1.82, 2.24) is 19.8 Å². The van der Waals surface area contributed by atoms with E-state index in [0.29, 0.717) is 12.8 Å². The molecule has 16 heteroatoms. The van der Waals surface area contributed by atoms with Gasteiger partial charge in [-0.3, -0.25) is 14.3 Å².